The molecule has 0 saturated heterocycles. The standard InChI is InChI=1S/C21H23ClFN3O3/c1-21(20(28)25-17-12-14(22)6-9-18(17)29-21)19(27)24-16(10-11-26(2)3)13-4-7-15(23)8-5-13/h4-9,12,16H,10-11H2,1-3H3,(H,24,27)(H,25,28). The van der Waals surface area contributed by atoms with E-state index in [0.29, 0.717) is 29.4 Å². The van der Waals surface area contributed by atoms with Gasteiger partial charge in [0.1, 0.15) is 11.6 Å². The molecule has 2 N–H and O–H groups in total. The number of benzene rings is 2. The molecule has 0 aliphatic carbocycles. The van der Waals surface area contributed by atoms with Crippen molar-refractivity contribution in [1.82, 2.24) is 10.2 Å². The second-order valence-corrected chi connectivity index (χ2v) is 7.84. The van der Waals surface area contributed by atoms with Crippen LogP contribution in [0, 0.1) is 5.82 Å². The van der Waals surface area contributed by atoms with Crippen LogP contribution in [0.15, 0.2) is 42.5 Å². The Morgan fingerprint density at radius 2 is 1.97 bits per heavy atom. The summed E-state index contributed by atoms with van der Waals surface area (Å²) in [7, 11) is 3.84. The van der Waals surface area contributed by atoms with Crippen LogP contribution in [0.5, 0.6) is 5.75 Å². The van der Waals surface area contributed by atoms with Crippen LogP contribution < -0.4 is 15.4 Å². The molecule has 2 amide bonds. The first kappa shape index (κ1) is 21.1. The summed E-state index contributed by atoms with van der Waals surface area (Å²) in [5.41, 5.74) is -0.596. The Bertz CT molecular complexity index is 920. The molecular weight excluding hydrogens is 397 g/mol. The molecule has 1 aliphatic rings. The number of nitrogens with zero attached hydrogens (tertiary/aromatic N) is 1. The molecular formula is C21H23ClFN3O3. The van der Waals surface area contributed by atoms with E-state index in [1.807, 2.05) is 19.0 Å². The number of anilines is 1. The van der Waals surface area contributed by atoms with Crippen molar-refractivity contribution >= 4 is 29.1 Å². The summed E-state index contributed by atoms with van der Waals surface area (Å²) in [5.74, 6) is -1.17. The Balaban J connectivity index is 1.83. The van der Waals surface area contributed by atoms with Crippen LogP contribution in [0.2, 0.25) is 5.02 Å². The van der Waals surface area contributed by atoms with Crippen LogP contribution in [-0.4, -0.2) is 43.0 Å². The van der Waals surface area contributed by atoms with Crippen molar-refractivity contribution in [2.75, 3.05) is 26.0 Å². The van der Waals surface area contributed by atoms with E-state index in [1.54, 1.807) is 30.3 Å². The summed E-state index contributed by atoms with van der Waals surface area (Å²) in [6.07, 6.45) is 0.578. The van der Waals surface area contributed by atoms with Gasteiger partial charge in [0, 0.05) is 5.02 Å². The van der Waals surface area contributed by atoms with Gasteiger partial charge in [-0.25, -0.2) is 4.39 Å². The highest BCUT2D eigenvalue weighted by Crippen LogP contribution is 2.36. The summed E-state index contributed by atoms with van der Waals surface area (Å²) in [6, 6.07) is 10.3. The number of nitrogens with one attached hydrogen (secondary N) is 2. The molecule has 29 heavy (non-hydrogen) atoms. The SMILES string of the molecule is CN(C)CCC(NC(=O)C1(C)Oc2ccc(Cl)cc2NC1=O)c1ccc(F)cc1. The number of rotatable bonds is 6. The van der Waals surface area contributed by atoms with Crippen molar-refractivity contribution in [2.24, 2.45) is 0 Å². The van der Waals surface area contributed by atoms with Gasteiger partial charge in [-0.2, -0.15) is 0 Å². The average Bonchev–Trinajstić information content (AvgIpc) is 2.66. The predicted molar refractivity (Wildman–Crippen MR) is 110 cm³/mol. The molecule has 0 aromatic heterocycles. The second kappa shape index (κ2) is 8.39. The van der Waals surface area contributed by atoms with Gasteiger partial charge in [0.25, 0.3) is 17.4 Å². The van der Waals surface area contributed by atoms with Gasteiger partial charge in [-0.1, -0.05) is 23.7 Å². The van der Waals surface area contributed by atoms with E-state index in [9.17, 15) is 14.0 Å². The minimum atomic E-state index is -1.75. The zero-order valence-corrected chi connectivity index (χ0v) is 17.2. The van der Waals surface area contributed by atoms with E-state index >= 15 is 0 Å². The van der Waals surface area contributed by atoms with E-state index < -0.39 is 23.5 Å². The summed E-state index contributed by atoms with van der Waals surface area (Å²) in [6.45, 7) is 2.11. The van der Waals surface area contributed by atoms with Gasteiger partial charge in [-0.3, -0.25) is 9.59 Å². The van der Waals surface area contributed by atoms with Crippen molar-refractivity contribution in [3.05, 3.63) is 58.9 Å². The molecule has 0 fully saturated rings. The molecule has 1 aliphatic heterocycles. The van der Waals surface area contributed by atoms with Crippen molar-refractivity contribution < 1.29 is 18.7 Å². The highest BCUT2D eigenvalue weighted by atomic mass is 35.5. The molecule has 0 radical (unpaired) electrons. The molecule has 3 rings (SSSR count). The van der Waals surface area contributed by atoms with Crippen molar-refractivity contribution in [2.45, 2.75) is 25.0 Å². The van der Waals surface area contributed by atoms with E-state index in [1.165, 1.54) is 19.1 Å². The highest BCUT2D eigenvalue weighted by molar-refractivity contribution is 6.31. The normalized spacial score (nSPS) is 19.2. The quantitative estimate of drug-likeness (QED) is 0.704. The molecule has 1 heterocycles. The zero-order valence-electron chi connectivity index (χ0n) is 16.5. The first-order valence-electron chi connectivity index (χ1n) is 9.20. The Labute approximate surface area is 174 Å². The summed E-state index contributed by atoms with van der Waals surface area (Å²) in [4.78, 5) is 27.7. The van der Waals surface area contributed by atoms with Crippen LogP contribution in [0.1, 0.15) is 24.9 Å². The van der Waals surface area contributed by atoms with Gasteiger partial charge in [-0.15, -0.1) is 0 Å². The van der Waals surface area contributed by atoms with Crippen molar-refractivity contribution in [1.29, 1.82) is 0 Å². The van der Waals surface area contributed by atoms with E-state index in [2.05, 4.69) is 10.6 Å². The maximum atomic E-state index is 13.3. The number of hydrogen-bond acceptors (Lipinski definition) is 4. The third kappa shape index (κ3) is 4.68. The number of halogens is 2. The van der Waals surface area contributed by atoms with Gasteiger partial charge in [0.15, 0.2) is 0 Å². The molecule has 2 unspecified atom stereocenters. The third-order valence-corrected chi connectivity index (χ3v) is 5.05. The fourth-order valence-electron chi connectivity index (χ4n) is 3.05. The fourth-order valence-corrected chi connectivity index (χ4v) is 3.22. The van der Waals surface area contributed by atoms with Gasteiger partial charge in [-0.05, 0) is 69.9 Å². The lowest BCUT2D eigenvalue weighted by atomic mass is 9.98. The van der Waals surface area contributed by atoms with Crippen LogP contribution in [-0.2, 0) is 9.59 Å². The predicted octanol–water partition coefficient (Wildman–Crippen LogP) is 3.38. The number of carbonyl (C=O) groups is 2. The smallest absolute Gasteiger partial charge is 0.278 e. The molecule has 2 aromatic rings. The summed E-state index contributed by atoms with van der Waals surface area (Å²) in [5, 5.41) is 6.01. The minimum Gasteiger partial charge on any atom is -0.466 e. The Morgan fingerprint density at radius 1 is 1.28 bits per heavy atom. The number of ether oxygens (including phenoxy) is 1. The van der Waals surface area contributed by atoms with Gasteiger partial charge in [0.05, 0.1) is 11.7 Å². The Hall–Kier alpha value is -2.64. The molecule has 2 aromatic carbocycles. The van der Waals surface area contributed by atoms with Crippen LogP contribution >= 0.6 is 11.6 Å². The maximum absolute atomic E-state index is 13.3. The highest BCUT2D eigenvalue weighted by Gasteiger charge is 2.47. The molecule has 6 nitrogen and oxygen atoms in total. The Kier molecular flexibility index (Phi) is 6.10. The van der Waals surface area contributed by atoms with E-state index in [0.717, 1.165) is 5.56 Å². The van der Waals surface area contributed by atoms with Gasteiger partial charge < -0.3 is 20.3 Å². The first-order chi connectivity index (χ1) is 13.7. The van der Waals surface area contributed by atoms with Crippen LogP contribution in [0.25, 0.3) is 0 Å². The van der Waals surface area contributed by atoms with Gasteiger partial charge >= 0.3 is 0 Å². The van der Waals surface area contributed by atoms with Crippen molar-refractivity contribution in [3.63, 3.8) is 0 Å². The monoisotopic (exact) mass is 419 g/mol. The lowest BCUT2D eigenvalue weighted by Crippen LogP contribution is -2.59. The maximum Gasteiger partial charge on any atom is 0.278 e. The molecule has 0 spiro atoms. The summed E-state index contributed by atoms with van der Waals surface area (Å²) >= 11 is 5.95. The molecule has 0 bridgehead atoms. The lowest BCUT2D eigenvalue weighted by molar-refractivity contribution is -0.147. The van der Waals surface area contributed by atoms with Crippen LogP contribution in [0.3, 0.4) is 0 Å². The molecule has 2 atom stereocenters. The number of hydrogen-bond donors (Lipinski definition) is 2. The first-order valence-corrected chi connectivity index (χ1v) is 9.58. The molecule has 0 saturated carbocycles. The lowest BCUT2D eigenvalue weighted by Gasteiger charge is -2.34. The molecule has 154 valence electrons. The summed E-state index contributed by atoms with van der Waals surface area (Å²) < 4.78 is 19.1. The largest absolute Gasteiger partial charge is 0.466 e. The second-order valence-electron chi connectivity index (χ2n) is 7.40. The van der Waals surface area contributed by atoms with Crippen LogP contribution in [0.4, 0.5) is 10.1 Å². The Morgan fingerprint density at radius 3 is 2.62 bits per heavy atom. The third-order valence-electron chi connectivity index (χ3n) is 4.81. The topological polar surface area (TPSA) is 70.7 Å². The number of fused-ring (bicyclic) bond motifs is 1. The van der Waals surface area contributed by atoms with E-state index in [-0.39, 0.29) is 5.82 Å². The van der Waals surface area contributed by atoms with E-state index in [4.69, 9.17) is 16.3 Å². The number of amides is 2. The van der Waals surface area contributed by atoms with Crippen molar-refractivity contribution in [3.8, 4) is 5.75 Å². The number of carbonyl (C=O) groups excluding carboxylic acids is 2. The van der Waals surface area contributed by atoms with Gasteiger partial charge in [0.2, 0.25) is 0 Å². The average molecular weight is 420 g/mol. The molecule has 8 heteroatoms. The fraction of sp³-hybridized carbons (Fsp3) is 0.333. The zero-order chi connectivity index (χ0) is 21.2. The minimum absolute atomic E-state index is 0.358.